The number of hydrogen-bond acceptors (Lipinski definition) is 6. The van der Waals surface area contributed by atoms with E-state index in [4.69, 9.17) is 13.9 Å². The molecule has 1 aromatic rings. The third-order valence-electron chi connectivity index (χ3n) is 11.2. The molecule has 10 heteroatoms. The number of nitrogens with one attached hydrogen (secondary N) is 1. The molecule has 0 amide bonds. The maximum absolute atomic E-state index is 13.8. The van der Waals surface area contributed by atoms with Crippen molar-refractivity contribution in [2.75, 3.05) is 13.2 Å². The molecular weight excluding hydrogens is 609 g/mol. The Kier molecular flexibility index (Phi) is 9.28. The molecule has 252 valence electrons. The molecule has 2 aliphatic carbocycles. The van der Waals surface area contributed by atoms with E-state index in [1.807, 2.05) is 13.8 Å². The summed E-state index contributed by atoms with van der Waals surface area (Å²) >= 11 is 0. The lowest BCUT2D eigenvalue weighted by molar-refractivity contribution is -0.137. The van der Waals surface area contributed by atoms with E-state index in [1.54, 1.807) is 6.07 Å². The first-order valence-corrected chi connectivity index (χ1v) is 19.4. The second-order valence-corrected chi connectivity index (χ2v) is 20.4. The van der Waals surface area contributed by atoms with Crippen LogP contribution in [-0.4, -0.2) is 38.4 Å². The number of ether oxygens (including phenoxy) is 2. The van der Waals surface area contributed by atoms with Gasteiger partial charge in [-0.3, -0.25) is 10.7 Å². The largest absolute Gasteiger partial charge is 0.417 e. The topological polar surface area (TPSA) is 83.7 Å². The lowest BCUT2D eigenvalue weighted by Crippen LogP contribution is -2.50. The molecule has 46 heavy (non-hydrogen) atoms. The van der Waals surface area contributed by atoms with Gasteiger partial charge in [0, 0.05) is 37.3 Å². The number of rotatable bonds is 5. The molecule has 4 fully saturated rings. The van der Waals surface area contributed by atoms with Crippen LogP contribution in [0.2, 0.25) is 18.1 Å². The van der Waals surface area contributed by atoms with Gasteiger partial charge in [-0.15, -0.1) is 0 Å². The van der Waals surface area contributed by atoms with Gasteiger partial charge in [0.25, 0.3) is 0 Å². The van der Waals surface area contributed by atoms with Crippen molar-refractivity contribution in [3.8, 4) is 6.07 Å². The van der Waals surface area contributed by atoms with Gasteiger partial charge in [0.15, 0.2) is 8.32 Å². The Labute approximate surface area is 272 Å². The molecule has 0 aromatic heterocycles. The van der Waals surface area contributed by atoms with Gasteiger partial charge in [0.2, 0.25) is 0 Å². The first kappa shape index (κ1) is 34.9. The fraction of sp³-hybridized carbons (Fsp3) is 0.639. The molecule has 2 saturated heterocycles. The van der Waals surface area contributed by atoms with Gasteiger partial charge in [0.05, 0.1) is 28.9 Å². The summed E-state index contributed by atoms with van der Waals surface area (Å²) in [5.74, 6) is -0.184. The third-order valence-corrected chi connectivity index (χ3v) is 15.7. The van der Waals surface area contributed by atoms with E-state index >= 15 is 0 Å². The Balaban J connectivity index is 1.80. The van der Waals surface area contributed by atoms with Crippen LogP contribution in [0.1, 0.15) is 102 Å². The van der Waals surface area contributed by atoms with Crippen molar-refractivity contribution < 1.29 is 32.3 Å². The summed E-state index contributed by atoms with van der Waals surface area (Å²) in [6, 6.07) is 5.39. The first-order chi connectivity index (χ1) is 21.4. The Morgan fingerprint density at radius 1 is 1.15 bits per heavy atom. The number of hydroxylamine groups is 1. The molecule has 0 radical (unpaired) electrons. The van der Waals surface area contributed by atoms with Crippen molar-refractivity contribution in [2.24, 2.45) is 11.3 Å². The Morgan fingerprint density at radius 2 is 1.80 bits per heavy atom. The second kappa shape index (κ2) is 12.2. The van der Waals surface area contributed by atoms with Crippen LogP contribution in [0, 0.1) is 22.7 Å². The molecule has 2 N–H and O–H groups in total. The van der Waals surface area contributed by atoms with Crippen LogP contribution in [0.4, 0.5) is 13.2 Å². The molecule has 2 aliphatic heterocycles. The van der Waals surface area contributed by atoms with Crippen molar-refractivity contribution in [3.05, 3.63) is 69.5 Å². The van der Waals surface area contributed by atoms with E-state index in [0.29, 0.717) is 42.9 Å². The lowest BCUT2D eigenvalue weighted by Gasteiger charge is -2.52. The van der Waals surface area contributed by atoms with Gasteiger partial charge in [-0.1, -0.05) is 53.7 Å². The van der Waals surface area contributed by atoms with E-state index in [2.05, 4.69) is 45.9 Å². The van der Waals surface area contributed by atoms with Gasteiger partial charge < -0.3 is 13.9 Å². The van der Waals surface area contributed by atoms with E-state index in [0.717, 1.165) is 48.5 Å². The van der Waals surface area contributed by atoms with Crippen molar-refractivity contribution in [2.45, 2.75) is 122 Å². The molecule has 6 nitrogen and oxygen atoms in total. The smallest absolute Gasteiger partial charge is 0.410 e. The van der Waals surface area contributed by atoms with E-state index in [1.165, 1.54) is 18.6 Å². The van der Waals surface area contributed by atoms with Crippen LogP contribution in [0.15, 0.2) is 52.8 Å². The molecule has 2 atom stereocenters. The summed E-state index contributed by atoms with van der Waals surface area (Å²) < 4.78 is 61.7. The molecule has 4 aliphatic rings. The standard InChI is InChI=1S/C36H49F3N2O4Si/c1-22(2)31(41-42)29-30(28-23(3)19-34(12-9-13-34)20-27(28)45-46(7,8)33(4,5)6)35(14-16-43-17-15-35)44-32(29)24-10-11-26(36(37,38)39)25(18-24)21-40/h10-11,18,22,27,32,41-42H,3,9,12-17,19-20H2,1-2,4-8H3/b30-28?,31-29+. The average molecular weight is 659 g/mol. The minimum absolute atomic E-state index is 0.0399. The molecule has 0 bridgehead atoms. The second-order valence-electron chi connectivity index (χ2n) is 15.6. The fourth-order valence-corrected chi connectivity index (χ4v) is 8.89. The first-order valence-electron chi connectivity index (χ1n) is 16.5. The van der Waals surface area contributed by atoms with Gasteiger partial charge in [-0.05, 0) is 89.6 Å². The summed E-state index contributed by atoms with van der Waals surface area (Å²) in [6.45, 7) is 20.7. The highest BCUT2D eigenvalue weighted by Crippen LogP contribution is 2.61. The molecule has 2 unspecified atom stereocenters. The van der Waals surface area contributed by atoms with Crippen molar-refractivity contribution in [1.29, 1.82) is 5.26 Å². The average Bonchev–Trinajstić information content (AvgIpc) is 3.24. The number of nitriles is 1. The van der Waals surface area contributed by atoms with Crippen LogP contribution in [0.25, 0.3) is 0 Å². The molecule has 2 saturated carbocycles. The molecule has 1 aromatic carbocycles. The zero-order chi connectivity index (χ0) is 33.9. The zero-order valence-corrected chi connectivity index (χ0v) is 29.3. The van der Waals surface area contributed by atoms with Crippen molar-refractivity contribution >= 4 is 8.32 Å². The molecule has 5 rings (SSSR count). The van der Waals surface area contributed by atoms with E-state index in [-0.39, 0.29) is 22.5 Å². The van der Waals surface area contributed by atoms with E-state index < -0.39 is 37.3 Å². The maximum Gasteiger partial charge on any atom is 0.417 e. The summed E-state index contributed by atoms with van der Waals surface area (Å²) in [5.41, 5.74) is 4.87. The molecular formula is C36H49F3N2O4Si. The summed E-state index contributed by atoms with van der Waals surface area (Å²) in [5, 5.41) is 20.4. The minimum Gasteiger partial charge on any atom is -0.410 e. The predicted octanol–water partition coefficient (Wildman–Crippen LogP) is 9.29. The molecule has 2 spiro atoms. The summed E-state index contributed by atoms with van der Waals surface area (Å²) in [7, 11) is -2.29. The predicted molar refractivity (Wildman–Crippen MR) is 173 cm³/mol. The summed E-state index contributed by atoms with van der Waals surface area (Å²) in [6.07, 6.45) is 0.451. The fourth-order valence-electron chi connectivity index (χ4n) is 7.63. The molecule has 2 heterocycles. The van der Waals surface area contributed by atoms with Crippen molar-refractivity contribution in [3.63, 3.8) is 0 Å². The van der Waals surface area contributed by atoms with E-state index in [9.17, 15) is 23.6 Å². The number of benzene rings is 1. The summed E-state index contributed by atoms with van der Waals surface area (Å²) in [4.78, 5) is 0. The van der Waals surface area contributed by atoms with Crippen LogP contribution in [0.5, 0.6) is 0 Å². The normalized spacial score (nSPS) is 27.6. The van der Waals surface area contributed by atoms with Crippen LogP contribution in [0.3, 0.4) is 0 Å². The zero-order valence-electron chi connectivity index (χ0n) is 28.3. The lowest BCUT2D eigenvalue weighted by atomic mass is 9.57. The minimum atomic E-state index is -4.67. The van der Waals surface area contributed by atoms with Gasteiger partial charge >= 0.3 is 6.18 Å². The van der Waals surface area contributed by atoms with Crippen LogP contribution in [-0.2, 0) is 20.1 Å². The SMILES string of the molecule is C=C1CC2(CCC2)CC(O[Si](C)(C)C(C)(C)C)C1=C1/C(=C(\NO)C(C)C)C(c2ccc(C(F)(F)F)c(C#N)c2)OC12CCOCC2. The maximum atomic E-state index is 13.8. The van der Waals surface area contributed by atoms with Gasteiger partial charge in [-0.2, -0.15) is 18.4 Å². The Morgan fingerprint density at radius 3 is 2.30 bits per heavy atom. The Bertz CT molecular complexity index is 1470. The number of nitrogens with zero attached hydrogens (tertiary/aromatic N) is 1. The van der Waals surface area contributed by atoms with Crippen LogP contribution >= 0.6 is 0 Å². The van der Waals surface area contributed by atoms with Gasteiger partial charge in [-0.25, -0.2) is 0 Å². The number of halogens is 3. The monoisotopic (exact) mass is 658 g/mol. The Hall–Kier alpha value is -2.42. The van der Waals surface area contributed by atoms with Crippen molar-refractivity contribution in [1.82, 2.24) is 5.48 Å². The quantitative estimate of drug-likeness (QED) is 0.242. The highest BCUT2D eigenvalue weighted by atomic mass is 28.4. The number of alkyl halides is 3. The van der Waals surface area contributed by atoms with Gasteiger partial charge in [0.1, 0.15) is 6.10 Å². The third kappa shape index (κ3) is 6.14. The highest BCUT2D eigenvalue weighted by Gasteiger charge is 2.56. The van der Waals surface area contributed by atoms with Crippen LogP contribution < -0.4 is 5.48 Å². The number of hydrogen-bond donors (Lipinski definition) is 2. The highest BCUT2D eigenvalue weighted by molar-refractivity contribution is 6.74. The number of allylic oxidation sites excluding steroid dienone is 1.